The molecule has 2 aromatic heterocycles. The van der Waals surface area contributed by atoms with E-state index >= 15 is 0 Å². The number of nitrogens with zero attached hydrogens (tertiary/aromatic N) is 4. The number of methoxy groups -OCH3 is 1. The van der Waals surface area contributed by atoms with Gasteiger partial charge >= 0.3 is 0 Å². The van der Waals surface area contributed by atoms with Crippen molar-refractivity contribution in [1.82, 2.24) is 20.0 Å². The quantitative estimate of drug-likeness (QED) is 0.372. The number of nitrogen functional groups attached to an aromatic ring is 1. The maximum atomic E-state index is 6.19. The molecule has 0 atom stereocenters. The summed E-state index contributed by atoms with van der Waals surface area (Å²) in [6, 6.07) is 16.8. The van der Waals surface area contributed by atoms with Crippen molar-refractivity contribution in [3.05, 3.63) is 65.4 Å². The molecule has 0 radical (unpaired) electrons. The zero-order valence-electron chi connectivity index (χ0n) is 14.9. The third-order valence-corrected chi connectivity index (χ3v) is 5.27. The number of nitrogens with two attached hydrogens (primary N) is 1. The number of aromatic nitrogens is 4. The molecule has 0 aliphatic carbocycles. The molecule has 4 aromatic rings. The van der Waals surface area contributed by atoms with Gasteiger partial charge in [-0.25, -0.2) is 4.68 Å². The minimum Gasteiger partial charge on any atom is -0.496 e. The Morgan fingerprint density at radius 2 is 1.93 bits per heavy atom. The van der Waals surface area contributed by atoms with Crippen LogP contribution in [-0.4, -0.2) is 27.1 Å². The van der Waals surface area contributed by atoms with Crippen molar-refractivity contribution in [3.8, 4) is 28.4 Å². The fraction of sp³-hybridized carbons (Fsp3) is 0.105. The summed E-state index contributed by atoms with van der Waals surface area (Å²) in [4.78, 5) is 0. The normalized spacial score (nSPS) is 10.9. The first-order valence-corrected chi connectivity index (χ1v) is 9.70. The average molecular weight is 414 g/mol. The Hall–Kier alpha value is -2.97. The SMILES string of the molecule is COc1ccccc1-c1nnc(SCc2cc(-c3ccc(Cl)cc3)no2)n1N. The van der Waals surface area contributed by atoms with Gasteiger partial charge in [-0.05, 0) is 24.3 Å². The van der Waals surface area contributed by atoms with Crippen molar-refractivity contribution < 1.29 is 9.26 Å². The van der Waals surface area contributed by atoms with Gasteiger partial charge in [0.1, 0.15) is 17.2 Å². The van der Waals surface area contributed by atoms with Gasteiger partial charge in [-0.1, -0.05) is 52.8 Å². The molecule has 0 saturated carbocycles. The van der Waals surface area contributed by atoms with Crippen LogP contribution in [0.5, 0.6) is 5.75 Å². The van der Waals surface area contributed by atoms with Crippen LogP contribution >= 0.6 is 23.4 Å². The molecule has 0 saturated heterocycles. The molecule has 142 valence electrons. The number of ether oxygens (including phenoxy) is 1. The van der Waals surface area contributed by atoms with Crippen LogP contribution in [0.25, 0.3) is 22.6 Å². The second-order valence-electron chi connectivity index (χ2n) is 5.85. The number of halogens is 1. The van der Waals surface area contributed by atoms with Crippen molar-refractivity contribution >= 4 is 23.4 Å². The second kappa shape index (κ2) is 7.95. The van der Waals surface area contributed by atoms with Crippen LogP contribution in [0.4, 0.5) is 0 Å². The summed E-state index contributed by atoms with van der Waals surface area (Å²) in [5.74, 6) is 8.62. The summed E-state index contributed by atoms with van der Waals surface area (Å²) in [5, 5.41) is 13.7. The lowest BCUT2D eigenvalue weighted by Gasteiger charge is -2.07. The van der Waals surface area contributed by atoms with Crippen LogP contribution in [0, 0.1) is 0 Å². The Balaban J connectivity index is 1.49. The Labute approximate surface area is 170 Å². The molecule has 2 N–H and O–H groups in total. The number of thioether (sulfide) groups is 1. The summed E-state index contributed by atoms with van der Waals surface area (Å²) >= 11 is 7.33. The molecule has 0 bridgehead atoms. The molecule has 0 amide bonds. The van der Waals surface area contributed by atoms with Gasteiger partial charge in [-0.3, -0.25) is 0 Å². The second-order valence-corrected chi connectivity index (χ2v) is 7.23. The molecule has 9 heteroatoms. The average Bonchev–Trinajstić information content (AvgIpc) is 3.34. The zero-order chi connectivity index (χ0) is 19.5. The monoisotopic (exact) mass is 413 g/mol. The van der Waals surface area contributed by atoms with Crippen molar-refractivity contribution in [3.63, 3.8) is 0 Å². The van der Waals surface area contributed by atoms with Crippen molar-refractivity contribution in [2.24, 2.45) is 0 Å². The predicted octanol–water partition coefficient (Wildman–Crippen LogP) is 4.27. The lowest BCUT2D eigenvalue weighted by molar-refractivity contribution is 0.397. The molecule has 4 rings (SSSR count). The molecule has 2 aromatic carbocycles. The van der Waals surface area contributed by atoms with Crippen LogP contribution in [0.2, 0.25) is 5.02 Å². The maximum absolute atomic E-state index is 6.19. The highest BCUT2D eigenvalue weighted by Gasteiger charge is 2.16. The van der Waals surface area contributed by atoms with E-state index in [0.717, 1.165) is 16.8 Å². The molecule has 28 heavy (non-hydrogen) atoms. The van der Waals surface area contributed by atoms with E-state index in [9.17, 15) is 0 Å². The van der Waals surface area contributed by atoms with Crippen LogP contribution < -0.4 is 10.6 Å². The van der Waals surface area contributed by atoms with Gasteiger partial charge in [0.2, 0.25) is 5.16 Å². The first kappa shape index (κ1) is 18.4. The summed E-state index contributed by atoms with van der Waals surface area (Å²) in [6.45, 7) is 0. The Morgan fingerprint density at radius 3 is 2.71 bits per heavy atom. The summed E-state index contributed by atoms with van der Waals surface area (Å²) < 4.78 is 12.2. The molecule has 0 unspecified atom stereocenters. The highest BCUT2D eigenvalue weighted by Crippen LogP contribution is 2.30. The lowest BCUT2D eigenvalue weighted by Crippen LogP contribution is -2.11. The van der Waals surface area contributed by atoms with Gasteiger partial charge < -0.3 is 15.1 Å². The third kappa shape index (κ3) is 3.69. The number of rotatable bonds is 6. The van der Waals surface area contributed by atoms with Crippen LogP contribution in [-0.2, 0) is 5.75 Å². The molecule has 7 nitrogen and oxygen atoms in total. The minimum absolute atomic E-state index is 0.516. The summed E-state index contributed by atoms with van der Waals surface area (Å²) in [6.07, 6.45) is 0. The van der Waals surface area contributed by atoms with Crippen molar-refractivity contribution in [2.75, 3.05) is 13.0 Å². The first-order chi connectivity index (χ1) is 13.7. The number of para-hydroxylation sites is 1. The zero-order valence-corrected chi connectivity index (χ0v) is 16.4. The van der Waals surface area contributed by atoms with E-state index in [0.29, 0.717) is 33.3 Å². The fourth-order valence-corrected chi connectivity index (χ4v) is 3.52. The molecule has 0 aliphatic rings. The number of hydrogen-bond acceptors (Lipinski definition) is 7. The Bertz CT molecular complexity index is 1090. The Kier molecular flexibility index (Phi) is 5.23. The standard InChI is InChI=1S/C19H16ClN5O2S/c1-26-17-5-3-2-4-15(17)18-22-23-19(25(18)21)28-11-14-10-16(24-27-14)12-6-8-13(20)9-7-12/h2-10H,11,21H2,1H3. The van der Waals surface area contributed by atoms with E-state index in [2.05, 4.69) is 15.4 Å². The van der Waals surface area contributed by atoms with E-state index in [1.54, 1.807) is 7.11 Å². The fourth-order valence-electron chi connectivity index (χ4n) is 2.66. The first-order valence-electron chi connectivity index (χ1n) is 8.34. The summed E-state index contributed by atoms with van der Waals surface area (Å²) in [5.41, 5.74) is 2.46. The predicted molar refractivity (Wildman–Crippen MR) is 109 cm³/mol. The van der Waals surface area contributed by atoms with E-state index < -0.39 is 0 Å². The number of hydrogen-bond donors (Lipinski definition) is 1. The van der Waals surface area contributed by atoms with Gasteiger partial charge in [-0.15, -0.1) is 10.2 Å². The smallest absolute Gasteiger partial charge is 0.210 e. The van der Waals surface area contributed by atoms with Gasteiger partial charge in [0.25, 0.3) is 0 Å². The molecule has 0 fully saturated rings. The Morgan fingerprint density at radius 1 is 1.14 bits per heavy atom. The maximum Gasteiger partial charge on any atom is 0.210 e. The highest BCUT2D eigenvalue weighted by atomic mass is 35.5. The largest absolute Gasteiger partial charge is 0.496 e. The van der Waals surface area contributed by atoms with Gasteiger partial charge in [0.15, 0.2) is 5.82 Å². The van der Waals surface area contributed by atoms with E-state index in [-0.39, 0.29) is 0 Å². The van der Waals surface area contributed by atoms with Crippen LogP contribution in [0.1, 0.15) is 5.76 Å². The molecular formula is C19H16ClN5O2S. The van der Waals surface area contributed by atoms with Crippen LogP contribution in [0.3, 0.4) is 0 Å². The van der Waals surface area contributed by atoms with Gasteiger partial charge in [0.05, 0.1) is 18.4 Å². The molecular weight excluding hydrogens is 398 g/mol. The molecule has 0 spiro atoms. The topological polar surface area (TPSA) is 92.0 Å². The van der Waals surface area contributed by atoms with E-state index in [1.807, 2.05) is 54.6 Å². The summed E-state index contributed by atoms with van der Waals surface area (Å²) in [7, 11) is 1.61. The minimum atomic E-state index is 0.516. The van der Waals surface area contributed by atoms with Gasteiger partial charge in [-0.2, -0.15) is 0 Å². The van der Waals surface area contributed by atoms with Gasteiger partial charge in [0, 0.05) is 16.7 Å². The highest BCUT2D eigenvalue weighted by molar-refractivity contribution is 7.98. The van der Waals surface area contributed by atoms with E-state index in [1.165, 1.54) is 16.4 Å². The molecule has 2 heterocycles. The third-order valence-electron chi connectivity index (χ3n) is 4.05. The van der Waals surface area contributed by atoms with E-state index in [4.69, 9.17) is 26.7 Å². The van der Waals surface area contributed by atoms with Crippen LogP contribution in [0.15, 0.2) is 64.3 Å². The molecule has 0 aliphatic heterocycles. The number of benzene rings is 2. The van der Waals surface area contributed by atoms with Crippen molar-refractivity contribution in [1.29, 1.82) is 0 Å². The lowest BCUT2D eigenvalue weighted by atomic mass is 10.1. The van der Waals surface area contributed by atoms with Crippen molar-refractivity contribution in [2.45, 2.75) is 10.9 Å².